The highest BCUT2D eigenvalue weighted by Crippen LogP contribution is 2.23. The second-order valence-electron chi connectivity index (χ2n) is 5.96. The van der Waals surface area contributed by atoms with Gasteiger partial charge in [0.25, 0.3) is 11.2 Å². The van der Waals surface area contributed by atoms with Gasteiger partial charge in [0, 0.05) is 37.0 Å². The van der Waals surface area contributed by atoms with Gasteiger partial charge in [0.05, 0.1) is 10.6 Å². The summed E-state index contributed by atoms with van der Waals surface area (Å²) in [5.41, 5.74) is 2.04. The topological polar surface area (TPSA) is 80.8 Å². The molecule has 0 aliphatic rings. The second-order valence-corrected chi connectivity index (χ2v) is 5.96. The number of hydrogen-bond acceptors (Lipinski definition) is 5. The predicted octanol–water partition coefficient (Wildman–Crippen LogP) is 2.80. The number of nitro benzene ring substituents is 1. The summed E-state index contributed by atoms with van der Waals surface area (Å²) >= 11 is 0. The first-order valence-corrected chi connectivity index (χ1v) is 7.87. The fourth-order valence-electron chi connectivity index (χ4n) is 2.73. The molecule has 0 aliphatic carbocycles. The van der Waals surface area contributed by atoms with Gasteiger partial charge in [-0.3, -0.25) is 24.2 Å². The summed E-state index contributed by atoms with van der Waals surface area (Å²) in [5, 5.41) is 10.9. The average molecular weight is 338 g/mol. The van der Waals surface area contributed by atoms with Crippen molar-refractivity contribution >= 4 is 11.3 Å². The molecular weight excluding hydrogens is 320 g/mol. The summed E-state index contributed by atoms with van der Waals surface area (Å²) < 4.78 is 1.49. The summed E-state index contributed by atoms with van der Waals surface area (Å²) in [6.45, 7) is 2.43. The van der Waals surface area contributed by atoms with Crippen LogP contribution in [0.2, 0.25) is 0 Å². The van der Waals surface area contributed by atoms with Gasteiger partial charge in [-0.1, -0.05) is 18.2 Å². The third-order valence-corrected chi connectivity index (χ3v) is 4.26. The number of aromatic nitrogens is 2. The van der Waals surface area contributed by atoms with Crippen LogP contribution in [0.4, 0.5) is 5.69 Å². The Hall–Kier alpha value is -3.06. The second kappa shape index (κ2) is 6.82. The summed E-state index contributed by atoms with van der Waals surface area (Å²) in [6.07, 6.45) is 1.68. The van der Waals surface area contributed by atoms with Crippen LogP contribution in [0.1, 0.15) is 24.2 Å². The third-order valence-electron chi connectivity index (χ3n) is 4.26. The highest BCUT2D eigenvalue weighted by atomic mass is 16.6. The molecule has 0 amide bonds. The van der Waals surface area contributed by atoms with Crippen LogP contribution in [-0.4, -0.2) is 26.3 Å². The van der Waals surface area contributed by atoms with Gasteiger partial charge >= 0.3 is 0 Å². The fourth-order valence-corrected chi connectivity index (χ4v) is 2.73. The van der Waals surface area contributed by atoms with Crippen molar-refractivity contribution in [2.24, 2.45) is 0 Å². The van der Waals surface area contributed by atoms with E-state index in [0.29, 0.717) is 17.9 Å². The molecule has 2 aromatic heterocycles. The van der Waals surface area contributed by atoms with Crippen molar-refractivity contribution in [1.29, 1.82) is 0 Å². The Morgan fingerprint density at radius 2 is 2.04 bits per heavy atom. The fraction of sp³-hybridized carbons (Fsp3) is 0.222. The van der Waals surface area contributed by atoms with E-state index in [9.17, 15) is 14.9 Å². The van der Waals surface area contributed by atoms with Crippen LogP contribution in [0.15, 0.2) is 59.5 Å². The van der Waals surface area contributed by atoms with E-state index in [0.717, 1.165) is 5.56 Å². The van der Waals surface area contributed by atoms with Gasteiger partial charge in [-0.25, -0.2) is 4.98 Å². The summed E-state index contributed by atoms with van der Waals surface area (Å²) in [5.74, 6) is 0. The molecule has 7 heteroatoms. The molecule has 0 spiro atoms. The number of pyridine rings is 1. The van der Waals surface area contributed by atoms with E-state index in [2.05, 4.69) is 4.98 Å². The molecule has 25 heavy (non-hydrogen) atoms. The first-order chi connectivity index (χ1) is 12.0. The summed E-state index contributed by atoms with van der Waals surface area (Å²) in [6, 6.07) is 13.4. The molecule has 0 unspecified atom stereocenters. The predicted molar refractivity (Wildman–Crippen MR) is 94.4 cm³/mol. The molecule has 3 rings (SSSR count). The molecule has 0 saturated carbocycles. The first-order valence-electron chi connectivity index (χ1n) is 7.87. The quantitative estimate of drug-likeness (QED) is 0.528. The third kappa shape index (κ3) is 3.56. The minimum Gasteiger partial charge on any atom is -0.294 e. The largest absolute Gasteiger partial charge is 0.294 e. The maximum Gasteiger partial charge on any atom is 0.269 e. The van der Waals surface area contributed by atoms with Crippen LogP contribution < -0.4 is 5.56 Å². The van der Waals surface area contributed by atoms with Crippen LogP contribution in [0.5, 0.6) is 0 Å². The molecule has 3 aromatic rings. The van der Waals surface area contributed by atoms with Crippen molar-refractivity contribution in [3.05, 3.63) is 86.5 Å². The number of rotatable bonds is 5. The molecule has 0 bridgehead atoms. The van der Waals surface area contributed by atoms with Crippen LogP contribution in [-0.2, 0) is 6.54 Å². The van der Waals surface area contributed by atoms with E-state index in [1.54, 1.807) is 30.5 Å². The monoisotopic (exact) mass is 338 g/mol. The number of fused-ring (bicyclic) bond motifs is 1. The van der Waals surface area contributed by atoms with Crippen LogP contribution >= 0.6 is 0 Å². The zero-order valence-corrected chi connectivity index (χ0v) is 14.0. The lowest BCUT2D eigenvalue weighted by Gasteiger charge is -2.24. The van der Waals surface area contributed by atoms with E-state index in [1.165, 1.54) is 16.5 Å². The summed E-state index contributed by atoms with van der Waals surface area (Å²) in [7, 11) is 1.90. The molecule has 7 nitrogen and oxygen atoms in total. The number of non-ortho nitro benzene ring substituents is 1. The maximum atomic E-state index is 12.2. The molecule has 0 fully saturated rings. The van der Waals surface area contributed by atoms with Crippen LogP contribution in [0.3, 0.4) is 0 Å². The number of benzene rings is 1. The van der Waals surface area contributed by atoms with Gasteiger partial charge < -0.3 is 0 Å². The standard InChI is InChI=1S/C18H18N4O3/c1-13(14-6-5-7-16(10-14)22(24)25)20(2)12-15-11-18(23)21-9-4-3-8-17(21)19-15/h3-11,13H,12H2,1-2H3/t13-/m1/s1. The van der Waals surface area contributed by atoms with Gasteiger partial charge in [0.2, 0.25) is 0 Å². The zero-order chi connectivity index (χ0) is 18.0. The molecule has 1 atom stereocenters. The highest BCUT2D eigenvalue weighted by Gasteiger charge is 2.16. The zero-order valence-electron chi connectivity index (χ0n) is 14.0. The average Bonchev–Trinajstić information content (AvgIpc) is 2.61. The maximum absolute atomic E-state index is 12.2. The Morgan fingerprint density at radius 3 is 2.80 bits per heavy atom. The molecule has 0 aliphatic heterocycles. The van der Waals surface area contributed by atoms with Gasteiger partial charge in [-0.15, -0.1) is 0 Å². The van der Waals surface area contributed by atoms with Crippen molar-refractivity contribution in [3.63, 3.8) is 0 Å². The lowest BCUT2D eigenvalue weighted by atomic mass is 10.1. The van der Waals surface area contributed by atoms with E-state index in [-0.39, 0.29) is 17.3 Å². The van der Waals surface area contributed by atoms with Crippen molar-refractivity contribution in [2.45, 2.75) is 19.5 Å². The Morgan fingerprint density at radius 1 is 1.24 bits per heavy atom. The minimum atomic E-state index is -0.401. The molecule has 128 valence electrons. The van der Waals surface area contributed by atoms with E-state index in [1.807, 2.05) is 31.0 Å². The van der Waals surface area contributed by atoms with Gasteiger partial charge in [0.1, 0.15) is 5.65 Å². The van der Waals surface area contributed by atoms with Crippen molar-refractivity contribution < 1.29 is 4.92 Å². The number of nitro groups is 1. The van der Waals surface area contributed by atoms with Crippen molar-refractivity contribution in [2.75, 3.05) is 7.05 Å². The first kappa shape index (κ1) is 16.8. The Kier molecular flexibility index (Phi) is 4.58. The Balaban J connectivity index is 1.84. The lowest BCUT2D eigenvalue weighted by molar-refractivity contribution is -0.384. The lowest BCUT2D eigenvalue weighted by Crippen LogP contribution is -2.24. The number of hydrogen-bond donors (Lipinski definition) is 0. The molecule has 1 aromatic carbocycles. The Bertz CT molecular complexity index is 983. The molecular formula is C18H18N4O3. The van der Waals surface area contributed by atoms with Crippen molar-refractivity contribution in [3.8, 4) is 0 Å². The van der Waals surface area contributed by atoms with Crippen molar-refractivity contribution in [1.82, 2.24) is 14.3 Å². The molecule has 0 radical (unpaired) electrons. The molecule has 0 N–H and O–H groups in total. The van der Waals surface area contributed by atoms with Crippen LogP contribution in [0.25, 0.3) is 5.65 Å². The smallest absolute Gasteiger partial charge is 0.269 e. The molecule has 2 heterocycles. The summed E-state index contributed by atoms with van der Waals surface area (Å²) in [4.78, 5) is 29.2. The SMILES string of the molecule is C[C@H](c1cccc([N+](=O)[O-])c1)N(C)Cc1cc(=O)n2ccccc2n1. The van der Waals surface area contributed by atoms with Gasteiger partial charge in [-0.05, 0) is 31.7 Å². The normalized spacial score (nSPS) is 12.4. The molecule has 0 saturated heterocycles. The van der Waals surface area contributed by atoms with Gasteiger partial charge in [0.15, 0.2) is 0 Å². The van der Waals surface area contributed by atoms with E-state index >= 15 is 0 Å². The number of nitrogens with zero attached hydrogens (tertiary/aromatic N) is 4. The van der Waals surface area contributed by atoms with Gasteiger partial charge in [-0.2, -0.15) is 0 Å². The highest BCUT2D eigenvalue weighted by molar-refractivity contribution is 5.38. The minimum absolute atomic E-state index is 0.0593. The van der Waals surface area contributed by atoms with E-state index < -0.39 is 4.92 Å². The van der Waals surface area contributed by atoms with E-state index in [4.69, 9.17) is 0 Å². The van der Waals surface area contributed by atoms with Crippen LogP contribution in [0, 0.1) is 10.1 Å². The Labute approximate surface area is 144 Å².